The van der Waals surface area contributed by atoms with Gasteiger partial charge in [-0.2, -0.15) is 0 Å². The van der Waals surface area contributed by atoms with E-state index >= 15 is 0 Å². The number of amides is 1. The van der Waals surface area contributed by atoms with E-state index < -0.39 is 0 Å². The summed E-state index contributed by atoms with van der Waals surface area (Å²) in [6, 6.07) is 3.91. The van der Waals surface area contributed by atoms with Crippen LogP contribution in [0.15, 0.2) is 30.7 Å². The molecule has 0 radical (unpaired) electrons. The number of nitrogens with one attached hydrogen (secondary N) is 1. The van der Waals surface area contributed by atoms with E-state index in [1.165, 1.54) is 19.3 Å². The number of hydrogen-bond acceptors (Lipinski definition) is 2. The van der Waals surface area contributed by atoms with E-state index in [1.807, 2.05) is 28.9 Å². The minimum atomic E-state index is -0.0847. The molecule has 4 aliphatic rings. The van der Waals surface area contributed by atoms with Crippen molar-refractivity contribution in [2.45, 2.75) is 38.5 Å². The lowest BCUT2D eigenvalue weighted by atomic mass is 9.49. The summed E-state index contributed by atoms with van der Waals surface area (Å²) in [4.78, 5) is 17.2. The van der Waals surface area contributed by atoms with E-state index in [0.717, 1.165) is 48.4 Å². The zero-order valence-corrected chi connectivity index (χ0v) is 12.7. The molecular formula is C18H21N3O. The summed E-state index contributed by atoms with van der Waals surface area (Å²) in [5.41, 5.74) is 1.71. The molecular weight excluding hydrogens is 274 g/mol. The van der Waals surface area contributed by atoms with E-state index in [4.69, 9.17) is 0 Å². The van der Waals surface area contributed by atoms with Gasteiger partial charge < -0.3 is 9.72 Å². The van der Waals surface area contributed by atoms with Crippen molar-refractivity contribution in [2.75, 3.05) is 5.32 Å². The monoisotopic (exact) mass is 295 g/mol. The first-order valence-corrected chi connectivity index (χ1v) is 8.44. The Morgan fingerprint density at radius 2 is 1.82 bits per heavy atom. The first kappa shape index (κ1) is 12.7. The van der Waals surface area contributed by atoms with E-state index in [-0.39, 0.29) is 11.3 Å². The number of fused-ring (bicyclic) bond motifs is 1. The zero-order valence-electron chi connectivity index (χ0n) is 12.7. The largest absolute Gasteiger partial charge is 0.324 e. The Balaban J connectivity index is 1.42. The molecule has 2 aromatic rings. The van der Waals surface area contributed by atoms with Crippen molar-refractivity contribution in [1.82, 2.24) is 9.38 Å². The summed E-state index contributed by atoms with van der Waals surface area (Å²) in [6.45, 7) is 0. The minimum Gasteiger partial charge on any atom is -0.324 e. The summed E-state index contributed by atoms with van der Waals surface area (Å²) in [5.74, 6) is 2.65. The van der Waals surface area contributed by atoms with Crippen LogP contribution in [0.25, 0.3) is 5.65 Å². The van der Waals surface area contributed by atoms with Crippen LogP contribution in [0.5, 0.6) is 0 Å². The van der Waals surface area contributed by atoms with Gasteiger partial charge in [0.1, 0.15) is 5.65 Å². The second-order valence-electron chi connectivity index (χ2n) is 7.76. The maximum absolute atomic E-state index is 13.0. The van der Waals surface area contributed by atoms with Crippen LogP contribution in [0.2, 0.25) is 0 Å². The Morgan fingerprint density at radius 1 is 1.14 bits per heavy atom. The highest BCUT2D eigenvalue weighted by atomic mass is 16.2. The predicted molar refractivity (Wildman–Crippen MR) is 84.4 cm³/mol. The van der Waals surface area contributed by atoms with E-state index in [2.05, 4.69) is 10.3 Å². The summed E-state index contributed by atoms with van der Waals surface area (Å²) < 4.78 is 1.95. The number of imidazole rings is 1. The molecule has 6 rings (SSSR count). The number of hydrogen-bond donors (Lipinski definition) is 1. The number of carbonyl (C=O) groups is 1. The first-order chi connectivity index (χ1) is 10.7. The molecule has 4 nitrogen and oxygen atoms in total. The Morgan fingerprint density at radius 3 is 2.50 bits per heavy atom. The molecule has 4 saturated carbocycles. The molecule has 4 bridgehead atoms. The molecule has 2 heterocycles. The minimum absolute atomic E-state index is 0.0847. The average Bonchev–Trinajstić information content (AvgIpc) is 2.93. The van der Waals surface area contributed by atoms with Crippen molar-refractivity contribution in [3.05, 3.63) is 30.7 Å². The standard InChI is InChI=1S/C18H21N3O/c22-17(20-15-1-2-16-19-3-4-21(16)11-15)18-8-12-5-13(9-18)7-14(6-12)10-18/h1-4,11-14H,5-10H2,(H,20,22). The molecule has 22 heavy (non-hydrogen) atoms. The van der Waals surface area contributed by atoms with Crippen LogP contribution in [-0.4, -0.2) is 15.3 Å². The molecule has 4 heteroatoms. The molecule has 0 saturated heterocycles. The van der Waals surface area contributed by atoms with Crippen LogP contribution < -0.4 is 5.32 Å². The van der Waals surface area contributed by atoms with Crippen LogP contribution in [0.3, 0.4) is 0 Å². The van der Waals surface area contributed by atoms with Crippen molar-refractivity contribution < 1.29 is 4.79 Å². The van der Waals surface area contributed by atoms with Gasteiger partial charge in [0.05, 0.1) is 11.1 Å². The quantitative estimate of drug-likeness (QED) is 0.922. The van der Waals surface area contributed by atoms with Crippen molar-refractivity contribution in [2.24, 2.45) is 23.2 Å². The van der Waals surface area contributed by atoms with Crippen LogP contribution in [0, 0.1) is 23.2 Å². The Kier molecular flexibility index (Phi) is 2.50. The zero-order chi connectivity index (χ0) is 14.7. The van der Waals surface area contributed by atoms with Gasteiger partial charge >= 0.3 is 0 Å². The SMILES string of the molecule is O=C(Nc1ccc2nccn2c1)C12CC3CC(CC(C3)C1)C2. The molecule has 4 fully saturated rings. The van der Waals surface area contributed by atoms with E-state index in [9.17, 15) is 4.79 Å². The highest BCUT2D eigenvalue weighted by Crippen LogP contribution is 2.60. The van der Waals surface area contributed by atoms with Crippen LogP contribution >= 0.6 is 0 Å². The third-order valence-corrected chi connectivity index (χ3v) is 6.17. The van der Waals surface area contributed by atoms with Gasteiger partial charge in [-0.05, 0) is 68.4 Å². The molecule has 0 aliphatic heterocycles. The van der Waals surface area contributed by atoms with Crippen molar-refractivity contribution in [3.8, 4) is 0 Å². The number of aromatic nitrogens is 2. The van der Waals surface area contributed by atoms with Gasteiger partial charge in [-0.3, -0.25) is 4.79 Å². The lowest BCUT2D eigenvalue weighted by Crippen LogP contribution is -2.51. The van der Waals surface area contributed by atoms with Gasteiger partial charge in [-0.15, -0.1) is 0 Å². The van der Waals surface area contributed by atoms with Gasteiger partial charge in [0.2, 0.25) is 5.91 Å². The number of pyridine rings is 1. The predicted octanol–water partition coefficient (Wildman–Crippen LogP) is 3.49. The second kappa shape index (κ2) is 4.34. The van der Waals surface area contributed by atoms with Crippen LogP contribution in [-0.2, 0) is 4.79 Å². The fraction of sp³-hybridized carbons (Fsp3) is 0.556. The van der Waals surface area contributed by atoms with Gasteiger partial charge in [0.15, 0.2) is 0 Å². The molecule has 0 spiro atoms. The number of carbonyl (C=O) groups excluding carboxylic acids is 1. The van der Waals surface area contributed by atoms with E-state index in [0.29, 0.717) is 0 Å². The second-order valence-corrected chi connectivity index (χ2v) is 7.76. The van der Waals surface area contributed by atoms with Gasteiger partial charge in [-0.1, -0.05) is 0 Å². The smallest absolute Gasteiger partial charge is 0.230 e. The van der Waals surface area contributed by atoms with Crippen LogP contribution in [0.1, 0.15) is 38.5 Å². The molecule has 1 amide bonds. The number of nitrogens with zero attached hydrogens (tertiary/aromatic N) is 2. The highest BCUT2D eigenvalue weighted by Gasteiger charge is 2.54. The summed E-state index contributed by atoms with van der Waals surface area (Å²) >= 11 is 0. The van der Waals surface area contributed by atoms with Crippen LogP contribution in [0.4, 0.5) is 5.69 Å². The summed E-state index contributed by atoms with van der Waals surface area (Å²) in [6.07, 6.45) is 13.1. The summed E-state index contributed by atoms with van der Waals surface area (Å²) in [7, 11) is 0. The van der Waals surface area contributed by atoms with Gasteiger partial charge in [-0.25, -0.2) is 4.98 Å². The molecule has 4 aliphatic carbocycles. The third-order valence-electron chi connectivity index (χ3n) is 6.17. The molecule has 2 aromatic heterocycles. The molecule has 0 atom stereocenters. The van der Waals surface area contributed by atoms with Gasteiger partial charge in [0.25, 0.3) is 0 Å². The van der Waals surface area contributed by atoms with Gasteiger partial charge in [0, 0.05) is 18.6 Å². The van der Waals surface area contributed by atoms with Crippen molar-refractivity contribution in [3.63, 3.8) is 0 Å². The number of rotatable bonds is 2. The molecule has 114 valence electrons. The fourth-order valence-electron chi connectivity index (χ4n) is 5.65. The third kappa shape index (κ3) is 1.82. The normalized spacial score (nSPS) is 35.9. The van der Waals surface area contributed by atoms with Crippen molar-refractivity contribution >= 4 is 17.2 Å². The molecule has 0 aromatic carbocycles. The topological polar surface area (TPSA) is 46.4 Å². The summed E-state index contributed by atoms with van der Waals surface area (Å²) in [5, 5.41) is 3.19. The maximum atomic E-state index is 13.0. The Hall–Kier alpha value is -1.84. The first-order valence-electron chi connectivity index (χ1n) is 8.44. The Bertz CT molecular complexity index is 712. The average molecular weight is 295 g/mol. The lowest BCUT2D eigenvalue weighted by molar-refractivity contribution is -0.140. The lowest BCUT2D eigenvalue weighted by Gasteiger charge is -2.55. The highest BCUT2D eigenvalue weighted by molar-refractivity contribution is 5.95. The Labute approximate surface area is 129 Å². The fourth-order valence-corrected chi connectivity index (χ4v) is 5.65. The van der Waals surface area contributed by atoms with Crippen molar-refractivity contribution in [1.29, 1.82) is 0 Å². The maximum Gasteiger partial charge on any atom is 0.230 e. The molecule has 1 N–H and O–H groups in total. The molecule has 0 unspecified atom stereocenters. The number of anilines is 1. The van der Waals surface area contributed by atoms with E-state index in [1.54, 1.807) is 6.20 Å².